The number of methoxy groups -OCH3 is 2. The van der Waals surface area contributed by atoms with E-state index >= 15 is 0 Å². The lowest BCUT2D eigenvalue weighted by Gasteiger charge is -2.40. The molecule has 0 unspecified atom stereocenters. The minimum absolute atomic E-state index is 0.0468. The van der Waals surface area contributed by atoms with E-state index in [1.54, 1.807) is 14.2 Å². The fourth-order valence-corrected chi connectivity index (χ4v) is 5.25. The van der Waals surface area contributed by atoms with E-state index in [0.717, 1.165) is 44.9 Å². The highest BCUT2D eigenvalue weighted by Crippen LogP contribution is 2.48. The van der Waals surface area contributed by atoms with Crippen molar-refractivity contribution in [2.24, 2.45) is 0 Å². The van der Waals surface area contributed by atoms with Crippen molar-refractivity contribution < 1.29 is 18.6 Å². The maximum absolute atomic E-state index is 6.94. The molecule has 0 aliphatic heterocycles. The molecule has 2 aromatic rings. The van der Waals surface area contributed by atoms with Crippen LogP contribution in [0.5, 0.6) is 11.5 Å². The van der Waals surface area contributed by atoms with Crippen LogP contribution in [0.15, 0.2) is 49.1 Å². The normalized spacial score (nSPS) is 12.8. The molecular formula is C30H44O4Si. The van der Waals surface area contributed by atoms with Crippen LogP contribution in [0.3, 0.4) is 0 Å². The highest BCUT2D eigenvalue weighted by molar-refractivity contribution is 6.74. The fraction of sp³-hybridized carbons (Fsp3) is 0.467. The maximum Gasteiger partial charge on any atom is 0.193 e. The van der Waals surface area contributed by atoms with Gasteiger partial charge in [0, 0.05) is 16.7 Å². The van der Waals surface area contributed by atoms with Gasteiger partial charge >= 0.3 is 0 Å². The Balaban J connectivity index is 2.56. The minimum atomic E-state index is -2.13. The molecule has 0 aromatic heterocycles. The van der Waals surface area contributed by atoms with E-state index in [1.807, 2.05) is 31.2 Å². The Morgan fingerprint density at radius 1 is 1.06 bits per heavy atom. The summed E-state index contributed by atoms with van der Waals surface area (Å²) in [4.78, 5) is 0. The van der Waals surface area contributed by atoms with Gasteiger partial charge in [0.05, 0.1) is 33.5 Å². The third-order valence-corrected chi connectivity index (χ3v) is 11.4. The van der Waals surface area contributed by atoms with Crippen LogP contribution in [-0.2, 0) is 22.2 Å². The Kier molecular flexibility index (Phi) is 9.96. The standard InChI is InChI=1S/C30H44O4Si/c1-12-24-26(27(21(2)3)34-35(10,11)30(5,6)7)29(32-9)25(22(4)28(24)31-8)18-19-33-20-23-16-14-13-15-17-23/h12-17,27H,1-2,18-20H2,3-11H3/t27-/m0/s1. The third kappa shape index (κ3) is 6.66. The molecule has 0 amide bonds. The van der Waals surface area contributed by atoms with Crippen LogP contribution < -0.4 is 9.47 Å². The zero-order valence-electron chi connectivity index (χ0n) is 23.2. The second kappa shape index (κ2) is 12.1. The van der Waals surface area contributed by atoms with Crippen LogP contribution in [-0.4, -0.2) is 29.1 Å². The number of rotatable bonds is 12. The number of hydrogen-bond donors (Lipinski definition) is 0. The Hall–Kier alpha value is -2.34. The molecule has 0 saturated carbocycles. The van der Waals surface area contributed by atoms with Crippen LogP contribution in [0.4, 0.5) is 0 Å². The summed E-state index contributed by atoms with van der Waals surface area (Å²) >= 11 is 0. The third-order valence-electron chi connectivity index (χ3n) is 7.00. The molecule has 4 nitrogen and oxygen atoms in total. The van der Waals surface area contributed by atoms with Crippen molar-refractivity contribution in [3.8, 4) is 11.5 Å². The first-order chi connectivity index (χ1) is 16.4. The smallest absolute Gasteiger partial charge is 0.193 e. The van der Waals surface area contributed by atoms with E-state index in [2.05, 4.69) is 66.1 Å². The van der Waals surface area contributed by atoms with E-state index < -0.39 is 8.32 Å². The van der Waals surface area contributed by atoms with E-state index in [9.17, 15) is 0 Å². The second-order valence-electron chi connectivity index (χ2n) is 10.6. The van der Waals surface area contributed by atoms with Gasteiger partial charge in [-0.1, -0.05) is 70.3 Å². The van der Waals surface area contributed by atoms with Crippen LogP contribution in [0.2, 0.25) is 18.1 Å². The Morgan fingerprint density at radius 3 is 2.14 bits per heavy atom. The van der Waals surface area contributed by atoms with Gasteiger partial charge in [-0.05, 0) is 55.1 Å². The van der Waals surface area contributed by atoms with E-state index in [1.165, 1.54) is 0 Å². The van der Waals surface area contributed by atoms with Crippen molar-refractivity contribution in [1.82, 2.24) is 0 Å². The largest absolute Gasteiger partial charge is 0.496 e. The first-order valence-electron chi connectivity index (χ1n) is 12.2. The second-order valence-corrected chi connectivity index (χ2v) is 15.4. The minimum Gasteiger partial charge on any atom is -0.496 e. The topological polar surface area (TPSA) is 36.9 Å². The molecule has 0 radical (unpaired) electrons. The fourth-order valence-electron chi connectivity index (χ4n) is 3.99. The summed E-state index contributed by atoms with van der Waals surface area (Å²) < 4.78 is 25.0. The summed E-state index contributed by atoms with van der Waals surface area (Å²) in [5.41, 5.74) is 5.99. The number of benzene rings is 2. The summed E-state index contributed by atoms with van der Waals surface area (Å²) in [6, 6.07) is 10.2. The first-order valence-corrected chi connectivity index (χ1v) is 15.1. The Bertz CT molecular complexity index is 1020. The van der Waals surface area contributed by atoms with Crippen LogP contribution in [0, 0.1) is 6.92 Å². The van der Waals surface area contributed by atoms with Crippen molar-refractivity contribution in [1.29, 1.82) is 0 Å². The Labute approximate surface area is 214 Å². The molecule has 35 heavy (non-hydrogen) atoms. The maximum atomic E-state index is 6.94. The highest BCUT2D eigenvalue weighted by atomic mass is 28.4. The SMILES string of the molecule is C=Cc1c(OC)c(C)c(CCOCc2ccccc2)c(OC)c1[C@@H](O[Si](C)(C)C(C)(C)C)C(=C)C. The monoisotopic (exact) mass is 496 g/mol. The van der Waals surface area contributed by atoms with E-state index in [-0.39, 0.29) is 11.1 Å². The summed E-state index contributed by atoms with van der Waals surface area (Å²) in [6.07, 6.45) is 2.19. The van der Waals surface area contributed by atoms with Gasteiger partial charge in [-0.2, -0.15) is 0 Å². The molecular weight excluding hydrogens is 452 g/mol. The highest BCUT2D eigenvalue weighted by Gasteiger charge is 2.41. The number of ether oxygens (including phenoxy) is 3. The van der Waals surface area contributed by atoms with Crippen molar-refractivity contribution in [2.75, 3.05) is 20.8 Å². The lowest BCUT2D eigenvalue weighted by Crippen LogP contribution is -2.42. The van der Waals surface area contributed by atoms with Crippen LogP contribution in [0.1, 0.15) is 61.6 Å². The van der Waals surface area contributed by atoms with Crippen LogP contribution >= 0.6 is 0 Å². The zero-order chi connectivity index (χ0) is 26.4. The lowest BCUT2D eigenvalue weighted by molar-refractivity contribution is 0.123. The first kappa shape index (κ1) is 28.9. The zero-order valence-corrected chi connectivity index (χ0v) is 24.2. The number of hydrogen-bond acceptors (Lipinski definition) is 4. The Morgan fingerprint density at radius 2 is 1.66 bits per heavy atom. The molecule has 0 spiro atoms. The molecule has 2 aromatic carbocycles. The molecule has 192 valence electrons. The van der Waals surface area contributed by atoms with Gasteiger partial charge in [-0.15, -0.1) is 0 Å². The molecule has 0 fully saturated rings. The predicted molar refractivity (Wildman–Crippen MR) is 150 cm³/mol. The summed E-state index contributed by atoms with van der Waals surface area (Å²) in [5.74, 6) is 1.59. The summed E-state index contributed by atoms with van der Waals surface area (Å²) in [5, 5.41) is 0.0468. The van der Waals surface area contributed by atoms with Gasteiger partial charge in [0.25, 0.3) is 0 Å². The molecule has 0 aliphatic rings. The molecule has 0 heterocycles. The summed E-state index contributed by atoms with van der Waals surface area (Å²) in [6.45, 7) is 24.9. The molecule has 1 atom stereocenters. The molecule has 2 rings (SSSR count). The quantitative estimate of drug-likeness (QED) is 0.169. The van der Waals surface area contributed by atoms with Crippen molar-refractivity contribution >= 4 is 14.4 Å². The van der Waals surface area contributed by atoms with Gasteiger partial charge in [0.15, 0.2) is 8.32 Å². The average Bonchev–Trinajstić information content (AvgIpc) is 2.80. The molecule has 0 bridgehead atoms. The van der Waals surface area contributed by atoms with Crippen LogP contribution in [0.25, 0.3) is 6.08 Å². The predicted octanol–water partition coefficient (Wildman–Crippen LogP) is 8.05. The van der Waals surface area contributed by atoms with Crippen molar-refractivity contribution in [2.45, 2.75) is 71.9 Å². The van der Waals surface area contributed by atoms with Gasteiger partial charge < -0.3 is 18.6 Å². The molecule has 0 aliphatic carbocycles. The van der Waals surface area contributed by atoms with Gasteiger partial charge in [-0.3, -0.25) is 0 Å². The van der Waals surface area contributed by atoms with E-state index in [4.69, 9.17) is 18.6 Å². The lowest BCUT2D eigenvalue weighted by atomic mass is 9.89. The molecule has 5 heteroatoms. The van der Waals surface area contributed by atoms with Crippen molar-refractivity contribution in [3.05, 3.63) is 76.9 Å². The van der Waals surface area contributed by atoms with Gasteiger partial charge in [0.2, 0.25) is 0 Å². The van der Waals surface area contributed by atoms with Gasteiger partial charge in [0.1, 0.15) is 11.5 Å². The average molecular weight is 497 g/mol. The molecule has 0 saturated heterocycles. The molecule has 0 N–H and O–H groups in total. The van der Waals surface area contributed by atoms with Crippen molar-refractivity contribution in [3.63, 3.8) is 0 Å². The summed E-state index contributed by atoms with van der Waals surface area (Å²) in [7, 11) is 1.29. The van der Waals surface area contributed by atoms with E-state index in [0.29, 0.717) is 19.6 Å². The van der Waals surface area contributed by atoms with Gasteiger partial charge in [-0.25, -0.2) is 0 Å².